The lowest BCUT2D eigenvalue weighted by molar-refractivity contribution is -0.126. The van der Waals surface area contributed by atoms with Crippen LogP contribution in [-0.4, -0.2) is 33.2 Å². The first-order valence-corrected chi connectivity index (χ1v) is 9.12. The number of hydrogen-bond donors (Lipinski definition) is 1. The zero-order valence-electron chi connectivity index (χ0n) is 15.7. The van der Waals surface area contributed by atoms with Gasteiger partial charge in [0.15, 0.2) is 0 Å². The average molecular weight is 340 g/mol. The van der Waals surface area contributed by atoms with E-state index in [2.05, 4.69) is 53.4 Å². The molecule has 1 N–H and O–H groups in total. The molecule has 134 valence electrons. The lowest BCUT2D eigenvalue weighted by Crippen LogP contribution is -2.46. The second kappa shape index (κ2) is 7.40. The van der Waals surface area contributed by atoms with E-state index < -0.39 is 0 Å². The number of amides is 1. The highest BCUT2D eigenvalue weighted by atomic mass is 16.2. The molecular formula is C20H28N4O. The minimum atomic E-state index is -0.129. The molecule has 3 rings (SSSR count). The van der Waals surface area contributed by atoms with Crippen LogP contribution >= 0.6 is 0 Å². The monoisotopic (exact) mass is 340 g/mol. The second-order valence-electron chi connectivity index (χ2n) is 6.85. The number of carbonyl (C=O) groups is 1. The van der Waals surface area contributed by atoms with Crippen molar-refractivity contribution in [1.29, 1.82) is 0 Å². The van der Waals surface area contributed by atoms with Gasteiger partial charge in [0, 0.05) is 37.4 Å². The number of rotatable bonds is 5. The van der Waals surface area contributed by atoms with Crippen LogP contribution in [0.1, 0.15) is 41.9 Å². The summed E-state index contributed by atoms with van der Waals surface area (Å²) in [5, 5.41) is 7.63. The summed E-state index contributed by atoms with van der Waals surface area (Å²) in [6.45, 7) is 11.3. The molecule has 2 heterocycles. The van der Waals surface area contributed by atoms with Crippen molar-refractivity contribution in [3.05, 3.63) is 52.3 Å². The second-order valence-corrected chi connectivity index (χ2v) is 6.85. The topological polar surface area (TPSA) is 50.2 Å². The van der Waals surface area contributed by atoms with Gasteiger partial charge in [-0.2, -0.15) is 5.10 Å². The number of carbonyl (C=O) groups excluding carboxylic acids is 1. The van der Waals surface area contributed by atoms with Gasteiger partial charge in [0.25, 0.3) is 0 Å². The number of hydrogen-bond acceptors (Lipinski definition) is 3. The fourth-order valence-electron chi connectivity index (χ4n) is 3.63. The third-order valence-electron chi connectivity index (χ3n) is 5.36. The van der Waals surface area contributed by atoms with E-state index in [0.29, 0.717) is 6.54 Å². The number of fused-ring (bicyclic) bond motifs is 1. The van der Waals surface area contributed by atoms with Crippen molar-refractivity contribution < 1.29 is 4.79 Å². The Kier molecular flexibility index (Phi) is 5.23. The molecule has 0 spiro atoms. The van der Waals surface area contributed by atoms with E-state index in [4.69, 9.17) is 0 Å². The van der Waals surface area contributed by atoms with Gasteiger partial charge in [-0.05, 0) is 45.2 Å². The largest absolute Gasteiger partial charge is 0.351 e. The summed E-state index contributed by atoms with van der Waals surface area (Å²) in [7, 11) is 0. The molecule has 5 nitrogen and oxygen atoms in total. The number of benzene rings is 1. The summed E-state index contributed by atoms with van der Waals surface area (Å²) in [4.78, 5) is 14.9. The maximum Gasteiger partial charge on any atom is 0.237 e. The zero-order chi connectivity index (χ0) is 18.0. The highest BCUT2D eigenvalue weighted by molar-refractivity contribution is 5.81. The summed E-state index contributed by atoms with van der Waals surface area (Å²) in [5.41, 5.74) is 6.01. The molecule has 0 unspecified atom stereocenters. The van der Waals surface area contributed by atoms with Gasteiger partial charge in [0.2, 0.25) is 5.91 Å². The van der Waals surface area contributed by atoms with Gasteiger partial charge in [0.1, 0.15) is 0 Å². The molecule has 0 saturated heterocycles. The third-order valence-corrected chi connectivity index (χ3v) is 5.36. The maximum atomic E-state index is 12.6. The van der Waals surface area contributed by atoms with Crippen molar-refractivity contribution in [3.8, 4) is 0 Å². The summed E-state index contributed by atoms with van der Waals surface area (Å²) >= 11 is 0. The Balaban J connectivity index is 1.61. The quantitative estimate of drug-likeness (QED) is 0.910. The Morgan fingerprint density at radius 3 is 2.68 bits per heavy atom. The first-order valence-electron chi connectivity index (χ1n) is 9.12. The molecule has 1 aliphatic rings. The van der Waals surface area contributed by atoms with Gasteiger partial charge in [-0.3, -0.25) is 14.4 Å². The fourth-order valence-corrected chi connectivity index (χ4v) is 3.63. The Morgan fingerprint density at radius 1 is 1.28 bits per heavy atom. The molecule has 2 aromatic rings. The zero-order valence-corrected chi connectivity index (χ0v) is 15.7. The van der Waals surface area contributed by atoms with Gasteiger partial charge < -0.3 is 5.32 Å². The lowest BCUT2D eigenvalue weighted by Gasteiger charge is -2.32. The van der Waals surface area contributed by atoms with E-state index >= 15 is 0 Å². The molecular weight excluding hydrogens is 312 g/mol. The molecule has 0 radical (unpaired) electrons. The highest BCUT2D eigenvalue weighted by Crippen LogP contribution is 2.20. The SMILES string of the molecule is CCn1nc(C)c(CNC(=O)[C@@H](C)N2CCc3ccccc3C2)c1C. The molecule has 1 amide bonds. The van der Waals surface area contributed by atoms with Crippen molar-refractivity contribution in [2.75, 3.05) is 6.54 Å². The first-order chi connectivity index (χ1) is 12.0. The van der Waals surface area contributed by atoms with Crippen molar-refractivity contribution in [3.63, 3.8) is 0 Å². The Labute approximate surface area is 150 Å². The molecule has 5 heteroatoms. The van der Waals surface area contributed by atoms with Gasteiger partial charge >= 0.3 is 0 Å². The molecule has 0 saturated carbocycles. The van der Waals surface area contributed by atoms with Crippen LogP contribution in [0.2, 0.25) is 0 Å². The predicted octanol–water partition coefficient (Wildman–Crippen LogP) is 2.58. The van der Waals surface area contributed by atoms with E-state index in [-0.39, 0.29) is 11.9 Å². The molecule has 0 bridgehead atoms. The molecule has 25 heavy (non-hydrogen) atoms. The van der Waals surface area contributed by atoms with Crippen LogP contribution in [0.15, 0.2) is 24.3 Å². The van der Waals surface area contributed by atoms with Gasteiger partial charge in [0.05, 0.1) is 11.7 Å². The number of aromatic nitrogens is 2. The molecule has 0 aliphatic carbocycles. The van der Waals surface area contributed by atoms with Crippen LogP contribution in [0.4, 0.5) is 0 Å². The average Bonchev–Trinajstić information content (AvgIpc) is 2.91. The van der Waals surface area contributed by atoms with Gasteiger partial charge in [-0.15, -0.1) is 0 Å². The number of nitrogens with one attached hydrogen (secondary N) is 1. The van der Waals surface area contributed by atoms with Crippen LogP contribution in [-0.2, 0) is 30.8 Å². The molecule has 1 aliphatic heterocycles. The van der Waals surface area contributed by atoms with Crippen LogP contribution < -0.4 is 5.32 Å². The van der Waals surface area contributed by atoms with E-state index in [9.17, 15) is 4.79 Å². The summed E-state index contributed by atoms with van der Waals surface area (Å²) in [5.74, 6) is 0.0856. The summed E-state index contributed by atoms with van der Waals surface area (Å²) in [6.07, 6.45) is 1.01. The molecule has 1 aromatic heterocycles. The van der Waals surface area contributed by atoms with Crippen molar-refractivity contribution in [2.45, 2.75) is 59.8 Å². The van der Waals surface area contributed by atoms with Crippen LogP contribution in [0.25, 0.3) is 0 Å². The van der Waals surface area contributed by atoms with Crippen LogP contribution in [0.5, 0.6) is 0 Å². The van der Waals surface area contributed by atoms with Crippen LogP contribution in [0, 0.1) is 13.8 Å². The Bertz CT molecular complexity index is 765. The van der Waals surface area contributed by atoms with Crippen molar-refractivity contribution in [1.82, 2.24) is 20.0 Å². The van der Waals surface area contributed by atoms with Crippen molar-refractivity contribution in [2.24, 2.45) is 0 Å². The smallest absolute Gasteiger partial charge is 0.237 e. The fraction of sp³-hybridized carbons (Fsp3) is 0.500. The maximum absolute atomic E-state index is 12.6. The lowest BCUT2D eigenvalue weighted by atomic mass is 9.99. The first kappa shape index (κ1) is 17.7. The number of aryl methyl sites for hydroxylation is 2. The van der Waals surface area contributed by atoms with Gasteiger partial charge in [-0.1, -0.05) is 24.3 Å². The van der Waals surface area contributed by atoms with E-state index in [0.717, 1.165) is 43.0 Å². The Morgan fingerprint density at radius 2 is 2.00 bits per heavy atom. The standard InChI is InChI=1S/C20H28N4O/c1-5-24-15(3)19(14(2)22-24)12-21-20(25)16(4)23-11-10-17-8-6-7-9-18(17)13-23/h6-9,16H,5,10-13H2,1-4H3,(H,21,25)/t16-/m1/s1. The molecule has 1 aromatic carbocycles. The van der Waals surface area contributed by atoms with Gasteiger partial charge in [-0.25, -0.2) is 0 Å². The van der Waals surface area contributed by atoms with E-state index in [1.807, 2.05) is 18.5 Å². The van der Waals surface area contributed by atoms with Crippen molar-refractivity contribution >= 4 is 5.91 Å². The summed E-state index contributed by atoms with van der Waals surface area (Å²) < 4.78 is 1.99. The minimum absolute atomic E-state index is 0.0856. The summed E-state index contributed by atoms with van der Waals surface area (Å²) in [6, 6.07) is 8.39. The van der Waals surface area contributed by atoms with Crippen LogP contribution in [0.3, 0.4) is 0 Å². The molecule has 1 atom stereocenters. The normalized spacial score (nSPS) is 15.7. The molecule has 0 fully saturated rings. The van der Waals surface area contributed by atoms with E-state index in [1.165, 1.54) is 11.1 Å². The highest BCUT2D eigenvalue weighted by Gasteiger charge is 2.25. The van der Waals surface area contributed by atoms with E-state index in [1.54, 1.807) is 0 Å². The number of nitrogens with zero attached hydrogens (tertiary/aromatic N) is 3. The Hall–Kier alpha value is -2.14. The minimum Gasteiger partial charge on any atom is -0.351 e. The predicted molar refractivity (Wildman–Crippen MR) is 99.2 cm³/mol. The third kappa shape index (κ3) is 3.61.